The highest BCUT2D eigenvalue weighted by Crippen LogP contribution is 2.50. The molecule has 5 rings (SSSR count). The van der Waals surface area contributed by atoms with Gasteiger partial charge in [-0.1, -0.05) is 90.2 Å². The second-order valence-corrected chi connectivity index (χ2v) is 7.93. The van der Waals surface area contributed by atoms with Crippen LogP contribution in [0, 0.1) is 23.2 Å². The average Bonchev–Trinajstić information content (AvgIpc) is 2.91. The Morgan fingerprint density at radius 3 is 1.57 bits per heavy atom. The summed E-state index contributed by atoms with van der Waals surface area (Å²) in [7, 11) is 4.78. The minimum absolute atomic E-state index is 0.446. The number of hydrogen-bond donors (Lipinski definition) is 0. The van der Waals surface area contributed by atoms with Crippen LogP contribution in [0.2, 0.25) is 0 Å². The minimum atomic E-state index is -2.04. The van der Waals surface area contributed by atoms with Gasteiger partial charge in [-0.2, -0.15) is 4.21 Å². The first-order valence-electron chi connectivity index (χ1n) is 9.04. The molecule has 1 aliphatic heterocycles. The molecule has 0 saturated heterocycles. The minimum Gasteiger partial charge on any atom is -0.369 e. The van der Waals surface area contributed by atoms with Crippen LogP contribution in [0.1, 0.15) is 11.1 Å². The van der Waals surface area contributed by atoms with Crippen molar-refractivity contribution in [1.29, 1.82) is 0 Å². The Hall–Kier alpha value is -2.87. The van der Waals surface area contributed by atoms with Gasteiger partial charge in [0.15, 0.2) is 11.5 Å². The molecule has 2 unspecified atom stereocenters. The van der Waals surface area contributed by atoms with Crippen LogP contribution in [0.3, 0.4) is 0 Å². The maximum atomic E-state index is 12.8. The SMILES string of the molecule is O=S1Oc2c(C#CP)cc3ccccc3c2-c2c(c(C#CP)cc3ccccc23)O1. The van der Waals surface area contributed by atoms with Crippen LogP contribution in [-0.4, -0.2) is 4.21 Å². The lowest BCUT2D eigenvalue weighted by Crippen LogP contribution is -2.08. The van der Waals surface area contributed by atoms with E-state index in [0.717, 1.165) is 32.7 Å². The van der Waals surface area contributed by atoms with Gasteiger partial charge in [-0.3, -0.25) is 0 Å². The molecule has 1 aliphatic rings. The van der Waals surface area contributed by atoms with E-state index in [2.05, 4.69) is 41.6 Å². The highest BCUT2D eigenvalue weighted by molar-refractivity contribution is 7.76. The predicted molar refractivity (Wildman–Crippen MR) is 129 cm³/mol. The molecule has 1 heterocycles. The van der Waals surface area contributed by atoms with E-state index in [0.29, 0.717) is 22.6 Å². The summed E-state index contributed by atoms with van der Waals surface area (Å²) < 4.78 is 24.3. The summed E-state index contributed by atoms with van der Waals surface area (Å²) in [5, 5.41) is 3.94. The van der Waals surface area contributed by atoms with Crippen molar-refractivity contribution < 1.29 is 12.6 Å². The summed E-state index contributed by atoms with van der Waals surface area (Å²) in [6.45, 7) is 0. The Bertz CT molecular complexity index is 1390. The van der Waals surface area contributed by atoms with Gasteiger partial charge in [0.2, 0.25) is 0 Å². The van der Waals surface area contributed by atoms with Gasteiger partial charge in [0.25, 0.3) is 0 Å². The molecule has 0 fully saturated rings. The summed E-state index contributed by atoms with van der Waals surface area (Å²) >= 11 is -2.04. The maximum Gasteiger partial charge on any atom is 0.417 e. The fourth-order valence-electron chi connectivity index (χ4n) is 3.82. The molecule has 0 amide bonds. The largest absolute Gasteiger partial charge is 0.417 e. The zero-order chi connectivity index (χ0) is 20.7. The standard InChI is InChI=1S/C24H14O3P2S/c25-30-26-23-17(9-11-28)13-15-5-1-3-7-19(15)21(23)22-20-8-4-2-6-16(20)14-18(10-12-29)24(22)27-30/h1-8,13-14H,28-29H2. The van der Waals surface area contributed by atoms with E-state index >= 15 is 0 Å². The highest BCUT2D eigenvalue weighted by Gasteiger charge is 2.29. The average molecular weight is 444 g/mol. The Labute approximate surface area is 181 Å². The summed E-state index contributed by atoms with van der Waals surface area (Å²) in [5.41, 5.74) is 8.61. The molecule has 0 radical (unpaired) electrons. The van der Waals surface area contributed by atoms with Crippen molar-refractivity contribution in [2.75, 3.05) is 0 Å². The first-order chi connectivity index (χ1) is 14.7. The van der Waals surface area contributed by atoms with Crippen molar-refractivity contribution >= 4 is 51.4 Å². The van der Waals surface area contributed by atoms with Crippen LogP contribution in [-0.2, 0) is 11.4 Å². The molecule has 6 heteroatoms. The molecular weight excluding hydrogens is 430 g/mol. The van der Waals surface area contributed by atoms with E-state index in [9.17, 15) is 4.21 Å². The molecule has 0 saturated carbocycles. The Morgan fingerprint density at radius 1 is 0.700 bits per heavy atom. The third kappa shape index (κ3) is 3.06. The monoisotopic (exact) mass is 444 g/mol. The van der Waals surface area contributed by atoms with Gasteiger partial charge in [0.05, 0.1) is 11.1 Å². The Kier molecular flexibility index (Phi) is 4.94. The van der Waals surface area contributed by atoms with Crippen molar-refractivity contribution in [2.24, 2.45) is 0 Å². The second-order valence-electron chi connectivity index (χ2n) is 6.61. The molecule has 0 spiro atoms. The predicted octanol–water partition coefficient (Wildman–Crippen LogP) is 5.38. The number of rotatable bonds is 0. The zero-order valence-electron chi connectivity index (χ0n) is 15.6. The van der Waals surface area contributed by atoms with Crippen LogP contribution in [0.15, 0.2) is 60.7 Å². The van der Waals surface area contributed by atoms with E-state index in [1.807, 2.05) is 60.7 Å². The van der Waals surface area contributed by atoms with Crippen molar-refractivity contribution in [3.8, 4) is 45.8 Å². The van der Waals surface area contributed by atoms with Gasteiger partial charge < -0.3 is 8.37 Å². The topological polar surface area (TPSA) is 35.5 Å². The molecule has 3 nitrogen and oxygen atoms in total. The Balaban J connectivity index is 2.08. The number of hydrogen-bond acceptors (Lipinski definition) is 3. The van der Waals surface area contributed by atoms with Crippen LogP contribution in [0.4, 0.5) is 0 Å². The van der Waals surface area contributed by atoms with Gasteiger partial charge in [-0.05, 0) is 33.7 Å². The quantitative estimate of drug-likeness (QED) is 0.270. The van der Waals surface area contributed by atoms with E-state index < -0.39 is 11.4 Å². The van der Waals surface area contributed by atoms with E-state index in [1.165, 1.54) is 0 Å². The van der Waals surface area contributed by atoms with Crippen molar-refractivity contribution in [1.82, 2.24) is 0 Å². The zero-order valence-corrected chi connectivity index (χ0v) is 18.7. The fraction of sp³-hybridized carbons (Fsp3) is 0. The first kappa shape index (κ1) is 19.1. The highest BCUT2D eigenvalue weighted by atomic mass is 32.2. The third-order valence-electron chi connectivity index (χ3n) is 4.97. The molecule has 0 bridgehead atoms. The molecule has 4 aromatic carbocycles. The Morgan fingerprint density at radius 2 is 1.13 bits per heavy atom. The van der Waals surface area contributed by atoms with Crippen molar-refractivity contribution in [3.05, 3.63) is 71.8 Å². The molecule has 30 heavy (non-hydrogen) atoms. The summed E-state index contributed by atoms with van der Waals surface area (Å²) in [5.74, 6) is 7.02. The fourth-order valence-corrected chi connectivity index (χ4v) is 4.78. The molecule has 0 N–H and O–H groups in total. The second kappa shape index (κ2) is 7.75. The van der Waals surface area contributed by atoms with E-state index in [1.54, 1.807) is 0 Å². The smallest absolute Gasteiger partial charge is 0.369 e. The number of fused-ring (bicyclic) bond motifs is 7. The van der Waals surface area contributed by atoms with Crippen LogP contribution in [0.5, 0.6) is 11.5 Å². The van der Waals surface area contributed by atoms with Crippen molar-refractivity contribution in [2.45, 2.75) is 0 Å². The molecule has 0 aliphatic carbocycles. The van der Waals surface area contributed by atoms with Gasteiger partial charge in [0.1, 0.15) is 0 Å². The van der Waals surface area contributed by atoms with Crippen LogP contribution < -0.4 is 8.37 Å². The first-order valence-corrected chi connectivity index (χ1v) is 11.2. The number of benzene rings is 4. The lowest BCUT2D eigenvalue weighted by Gasteiger charge is -2.15. The van der Waals surface area contributed by atoms with Gasteiger partial charge in [-0.25, -0.2) is 0 Å². The lowest BCUT2D eigenvalue weighted by atomic mass is 9.89. The summed E-state index contributed by atoms with van der Waals surface area (Å²) in [6.07, 6.45) is 0. The molecule has 144 valence electrons. The van der Waals surface area contributed by atoms with Gasteiger partial charge >= 0.3 is 11.4 Å². The molecule has 4 aromatic rings. The van der Waals surface area contributed by atoms with Crippen molar-refractivity contribution in [3.63, 3.8) is 0 Å². The summed E-state index contributed by atoms with van der Waals surface area (Å²) in [4.78, 5) is 0. The van der Waals surface area contributed by atoms with E-state index in [-0.39, 0.29) is 0 Å². The normalized spacial score (nSPS) is 12.3. The lowest BCUT2D eigenvalue weighted by molar-refractivity contribution is 0.468. The van der Waals surface area contributed by atoms with Crippen LogP contribution in [0.25, 0.3) is 32.7 Å². The maximum absolute atomic E-state index is 12.8. The molecule has 0 aromatic heterocycles. The van der Waals surface area contributed by atoms with Gasteiger partial charge in [0, 0.05) is 11.1 Å². The van der Waals surface area contributed by atoms with Gasteiger partial charge in [-0.15, -0.1) is 0 Å². The molecule has 2 atom stereocenters. The third-order valence-corrected chi connectivity index (χ3v) is 5.86. The summed E-state index contributed by atoms with van der Waals surface area (Å²) in [6, 6.07) is 19.9. The molecular formula is C24H14O3P2S. The van der Waals surface area contributed by atoms with E-state index in [4.69, 9.17) is 8.37 Å². The van der Waals surface area contributed by atoms with Crippen LogP contribution >= 0.6 is 18.5 Å².